The van der Waals surface area contributed by atoms with Gasteiger partial charge in [-0.05, 0) is 17.5 Å². The third-order valence-electron chi connectivity index (χ3n) is 3.51. The number of rotatable bonds is 2. The average molecular weight is 320 g/mol. The normalized spacial score (nSPS) is 18.2. The summed E-state index contributed by atoms with van der Waals surface area (Å²) in [6.07, 6.45) is 0. The maximum atomic E-state index is 12.7. The third kappa shape index (κ3) is 2.65. The van der Waals surface area contributed by atoms with E-state index in [-0.39, 0.29) is 17.9 Å². The third-order valence-corrected chi connectivity index (χ3v) is 5.62. The number of fused-ring (bicyclic) bond motifs is 1. The zero-order chi connectivity index (χ0) is 15.0. The first-order valence-corrected chi connectivity index (χ1v) is 8.63. The summed E-state index contributed by atoms with van der Waals surface area (Å²) in [6, 6.07) is 9.53. The molecule has 4 nitrogen and oxygen atoms in total. The van der Waals surface area contributed by atoms with Crippen molar-refractivity contribution in [3.63, 3.8) is 0 Å². The van der Waals surface area contributed by atoms with E-state index in [0.29, 0.717) is 16.5 Å². The number of thiophene rings is 1. The van der Waals surface area contributed by atoms with Crippen LogP contribution in [-0.2, 0) is 4.79 Å². The minimum atomic E-state index is -0.345. The van der Waals surface area contributed by atoms with E-state index in [1.54, 1.807) is 35.7 Å². The zero-order valence-electron chi connectivity index (χ0n) is 11.9. The Morgan fingerprint density at radius 2 is 2.05 bits per heavy atom. The Morgan fingerprint density at radius 3 is 2.76 bits per heavy atom. The van der Waals surface area contributed by atoms with Gasteiger partial charge in [0.05, 0.1) is 10.8 Å². The van der Waals surface area contributed by atoms with Crippen LogP contribution >= 0.6 is 23.1 Å². The maximum absolute atomic E-state index is 12.7. The van der Waals surface area contributed by atoms with Crippen LogP contribution in [0.3, 0.4) is 0 Å². The van der Waals surface area contributed by atoms with Crippen LogP contribution in [0.2, 0.25) is 0 Å². The molecule has 1 aliphatic heterocycles. The largest absolute Gasteiger partial charge is 0.347 e. The van der Waals surface area contributed by atoms with Gasteiger partial charge in [-0.2, -0.15) is 0 Å². The van der Waals surface area contributed by atoms with Crippen molar-refractivity contribution >= 4 is 45.0 Å². The van der Waals surface area contributed by atoms with Gasteiger partial charge in [-0.3, -0.25) is 9.59 Å². The molecule has 21 heavy (non-hydrogen) atoms. The van der Waals surface area contributed by atoms with Crippen LogP contribution in [0.5, 0.6) is 0 Å². The highest BCUT2D eigenvalue weighted by Gasteiger charge is 2.36. The summed E-state index contributed by atoms with van der Waals surface area (Å²) < 4.78 is 1.10. The van der Waals surface area contributed by atoms with Crippen molar-refractivity contribution in [2.45, 2.75) is 6.04 Å². The molecule has 1 fully saturated rings. The summed E-state index contributed by atoms with van der Waals surface area (Å²) in [5.74, 6) is 1.21. The van der Waals surface area contributed by atoms with Crippen LogP contribution in [-0.4, -0.2) is 53.4 Å². The molecule has 1 aliphatic rings. The fraction of sp³-hybridized carbons (Fsp3) is 0.333. The Hall–Kier alpha value is -1.53. The van der Waals surface area contributed by atoms with Crippen molar-refractivity contribution in [3.8, 4) is 0 Å². The minimum absolute atomic E-state index is 0.00513. The van der Waals surface area contributed by atoms with Gasteiger partial charge in [0.1, 0.15) is 6.04 Å². The molecule has 1 atom stereocenters. The first-order chi connectivity index (χ1) is 10.1. The molecule has 2 amide bonds. The number of hydrogen-bond donors (Lipinski definition) is 0. The van der Waals surface area contributed by atoms with Crippen molar-refractivity contribution in [1.29, 1.82) is 0 Å². The topological polar surface area (TPSA) is 40.6 Å². The predicted molar refractivity (Wildman–Crippen MR) is 87.8 cm³/mol. The second-order valence-electron chi connectivity index (χ2n) is 5.17. The Morgan fingerprint density at radius 1 is 1.29 bits per heavy atom. The van der Waals surface area contributed by atoms with Crippen LogP contribution in [0.1, 0.15) is 9.67 Å². The number of carbonyl (C=O) groups excluding carboxylic acids is 2. The lowest BCUT2D eigenvalue weighted by Gasteiger charge is -2.24. The highest BCUT2D eigenvalue weighted by Crippen LogP contribution is 2.30. The lowest BCUT2D eigenvalue weighted by molar-refractivity contribution is -0.132. The van der Waals surface area contributed by atoms with E-state index in [1.807, 2.05) is 30.3 Å². The molecule has 0 radical (unpaired) electrons. The van der Waals surface area contributed by atoms with Crippen LogP contribution in [0.15, 0.2) is 30.3 Å². The predicted octanol–water partition coefficient (Wildman–Crippen LogP) is 2.50. The van der Waals surface area contributed by atoms with Gasteiger partial charge in [0.25, 0.3) is 5.91 Å². The number of hydrogen-bond acceptors (Lipinski definition) is 4. The molecule has 0 unspecified atom stereocenters. The van der Waals surface area contributed by atoms with Gasteiger partial charge in [-0.1, -0.05) is 18.2 Å². The molecule has 0 spiro atoms. The molecular formula is C15H16N2O2S2. The Bertz CT molecular complexity index is 663. The molecule has 0 bridgehead atoms. The fourth-order valence-corrected chi connectivity index (χ4v) is 4.54. The number of thioether (sulfide) groups is 1. The molecule has 1 saturated heterocycles. The lowest BCUT2D eigenvalue weighted by atomic mass is 10.2. The van der Waals surface area contributed by atoms with Gasteiger partial charge in [-0.25, -0.2) is 0 Å². The molecule has 0 N–H and O–H groups in total. The second-order valence-corrected chi connectivity index (χ2v) is 7.26. The Kier molecular flexibility index (Phi) is 3.91. The molecule has 0 aliphatic carbocycles. The number of carbonyl (C=O) groups is 2. The van der Waals surface area contributed by atoms with Gasteiger partial charge in [-0.15, -0.1) is 23.1 Å². The van der Waals surface area contributed by atoms with Gasteiger partial charge in [0.15, 0.2) is 0 Å². The van der Waals surface area contributed by atoms with E-state index >= 15 is 0 Å². The molecule has 2 heterocycles. The Balaban J connectivity index is 1.88. The smallest absolute Gasteiger partial charge is 0.265 e. The van der Waals surface area contributed by atoms with Crippen molar-refractivity contribution in [1.82, 2.24) is 9.80 Å². The van der Waals surface area contributed by atoms with Crippen LogP contribution in [0, 0.1) is 0 Å². The van der Waals surface area contributed by atoms with Crippen molar-refractivity contribution in [2.75, 3.05) is 25.7 Å². The average Bonchev–Trinajstić information content (AvgIpc) is 3.11. The lowest BCUT2D eigenvalue weighted by Crippen LogP contribution is -2.46. The van der Waals surface area contributed by atoms with Gasteiger partial charge >= 0.3 is 0 Å². The number of amides is 2. The van der Waals surface area contributed by atoms with E-state index in [2.05, 4.69) is 0 Å². The van der Waals surface area contributed by atoms with E-state index in [4.69, 9.17) is 0 Å². The maximum Gasteiger partial charge on any atom is 0.265 e. The standard InChI is InChI=1S/C15H16N2O2S2/c1-16(2)14(18)11-8-20-9-17(11)15(19)13-7-10-5-3-4-6-12(10)21-13/h3-7,11H,8-9H2,1-2H3/t11-/m1/s1. The molecular weight excluding hydrogens is 304 g/mol. The van der Waals surface area contributed by atoms with E-state index in [1.165, 1.54) is 11.3 Å². The quantitative estimate of drug-likeness (QED) is 0.854. The number of nitrogens with zero attached hydrogens (tertiary/aromatic N) is 2. The number of likely N-dealkylation sites (N-methyl/N-ethyl adjacent to an activating group) is 1. The molecule has 3 rings (SSSR count). The van der Waals surface area contributed by atoms with Crippen LogP contribution < -0.4 is 0 Å². The molecule has 2 aromatic rings. The summed E-state index contributed by atoms with van der Waals surface area (Å²) in [6.45, 7) is 0. The molecule has 110 valence electrons. The Labute approximate surface area is 131 Å². The first-order valence-electron chi connectivity index (χ1n) is 6.66. The minimum Gasteiger partial charge on any atom is -0.347 e. The molecule has 6 heteroatoms. The summed E-state index contributed by atoms with van der Waals surface area (Å²) >= 11 is 3.12. The van der Waals surface area contributed by atoms with Gasteiger partial charge in [0, 0.05) is 24.5 Å². The summed E-state index contributed by atoms with van der Waals surface area (Å²) in [4.78, 5) is 28.8. The first kappa shape index (κ1) is 14.4. The SMILES string of the molecule is CN(C)C(=O)[C@H]1CSCN1C(=O)c1cc2ccccc2s1. The van der Waals surface area contributed by atoms with Crippen molar-refractivity contribution in [3.05, 3.63) is 35.2 Å². The molecule has 1 aromatic heterocycles. The summed E-state index contributed by atoms with van der Waals surface area (Å²) in [7, 11) is 3.46. The van der Waals surface area contributed by atoms with E-state index in [0.717, 1.165) is 10.1 Å². The highest BCUT2D eigenvalue weighted by molar-refractivity contribution is 7.99. The van der Waals surface area contributed by atoms with E-state index in [9.17, 15) is 9.59 Å². The van der Waals surface area contributed by atoms with Crippen LogP contribution in [0.25, 0.3) is 10.1 Å². The molecule has 1 aromatic carbocycles. The summed E-state index contributed by atoms with van der Waals surface area (Å²) in [5, 5.41) is 1.08. The van der Waals surface area contributed by atoms with Crippen molar-refractivity contribution in [2.24, 2.45) is 0 Å². The highest BCUT2D eigenvalue weighted by atomic mass is 32.2. The number of benzene rings is 1. The van der Waals surface area contributed by atoms with Gasteiger partial charge in [0.2, 0.25) is 5.91 Å². The van der Waals surface area contributed by atoms with E-state index < -0.39 is 0 Å². The van der Waals surface area contributed by atoms with Crippen molar-refractivity contribution < 1.29 is 9.59 Å². The monoisotopic (exact) mass is 320 g/mol. The zero-order valence-corrected chi connectivity index (χ0v) is 13.5. The van der Waals surface area contributed by atoms with Crippen LogP contribution in [0.4, 0.5) is 0 Å². The second kappa shape index (κ2) is 5.69. The van der Waals surface area contributed by atoms with Gasteiger partial charge < -0.3 is 9.80 Å². The molecule has 0 saturated carbocycles. The fourth-order valence-electron chi connectivity index (χ4n) is 2.37. The summed E-state index contributed by atoms with van der Waals surface area (Å²) in [5.41, 5.74) is 0.